The van der Waals surface area contributed by atoms with Crippen molar-refractivity contribution < 1.29 is 43.5 Å². The quantitative estimate of drug-likeness (QED) is 0.324. The number of hydrogen-bond acceptors (Lipinski definition) is 3. The van der Waals surface area contributed by atoms with Gasteiger partial charge in [0.2, 0.25) is 0 Å². The van der Waals surface area contributed by atoms with Crippen molar-refractivity contribution in [1.82, 2.24) is 0 Å². The third-order valence-electron chi connectivity index (χ3n) is 0.401. The smallest absolute Gasteiger partial charge is 0.566 e. The molecule has 0 aliphatic carbocycles. The predicted octanol–water partition coefficient (Wildman–Crippen LogP) is -2.57. The summed E-state index contributed by atoms with van der Waals surface area (Å²) < 4.78 is 13.7. The molecule has 8 heavy (non-hydrogen) atoms. The fourth-order valence-corrected chi connectivity index (χ4v) is 0.497. The Morgan fingerprint density at radius 3 is 2.38 bits per heavy atom. The average Bonchev–Trinajstić information content (AvgIpc) is 1.61. The molecular weight excluding hydrogens is 138 g/mol. The second-order valence-electron chi connectivity index (χ2n) is 1.06. The van der Waals surface area contributed by atoms with Gasteiger partial charge in [0.1, 0.15) is 6.61 Å². The molecule has 0 spiro atoms. The summed E-state index contributed by atoms with van der Waals surface area (Å²) in [5.41, 5.74) is 0. The van der Waals surface area contributed by atoms with Crippen LogP contribution in [0, 0.1) is 0 Å². The van der Waals surface area contributed by atoms with Crippen LogP contribution >= 0.6 is 8.25 Å². The second-order valence-corrected chi connectivity index (χ2v) is 1.76. The summed E-state index contributed by atoms with van der Waals surface area (Å²) in [5, 5.41) is 0. The largest absolute Gasteiger partial charge is 1.00 e. The molecule has 0 heterocycles. The van der Waals surface area contributed by atoms with Crippen LogP contribution in [0.3, 0.4) is 0 Å². The molecule has 3 nitrogen and oxygen atoms in total. The maximum Gasteiger partial charge on any atom is 1.00 e. The Hall–Kier alpha value is 1.02. The van der Waals surface area contributed by atoms with Gasteiger partial charge in [-0.3, -0.25) is 0 Å². The Bertz CT molecular complexity index is 67.5. The van der Waals surface area contributed by atoms with Crippen LogP contribution in [0.2, 0.25) is 0 Å². The molecule has 1 unspecified atom stereocenters. The van der Waals surface area contributed by atoms with Crippen molar-refractivity contribution in [3.05, 3.63) is 0 Å². The minimum absolute atomic E-state index is 0. The molecule has 0 aromatic carbocycles. The van der Waals surface area contributed by atoms with Gasteiger partial charge in [-0.05, 0) is 11.0 Å². The van der Waals surface area contributed by atoms with Crippen molar-refractivity contribution >= 4 is 8.25 Å². The number of rotatable bonds is 3. The summed E-state index contributed by atoms with van der Waals surface area (Å²) in [6.07, 6.45) is 0.739. The van der Waals surface area contributed by atoms with E-state index in [9.17, 15) is 9.46 Å². The standard InChI is InChI=1S/C3H7O3P.Na/c1-2-3-6-7(4)5;/h2-3H2,1H3;/q;+1. The normalized spacial score (nSPS) is 10.0. The van der Waals surface area contributed by atoms with Crippen molar-refractivity contribution in [2.45, 2.75) is 13.3 Å². The zero-order chi connectivity index (χ0) is 5.70. The average molecular weight is 145 g/mol. The third kappa shape index (κ3) is 10.1. The van der Waals surface area contributed by atoms with E-state index in [-0.39, 0.29) is 29.6 Å². The molecule has 42 valence electrons. The molecule has 0 amide bonds. The van der Waals surface area contributed by atoms with Crippen LogP contribution in [-0.4, -0.2) is 6.61 Å². The second kappa shape index (κ2) is 8.02. The Morgan fingerprint density at radius 1 is 1.75 bits per heavy atom. The summed E-state index contributed by atoms with van der Waals surface area (Å²) >= 11 is 0. The van der Waals surface area contributed by atoms with Crippen molar-refractivity contribution in [3.63, 3.8) is 0 Å². The van der Waals surface area contributed by atoms with Gasteiger partial charge >= 0.3 is 37.8 Å². The molecule has 5 heteroatoms. The van der Waals surface area contributed by atoms with Crippen molar-refractivity contribution in [2.24, 2.45) is 0 Å². The van der Waals surface area contributed by atoms with E-state index < -0.39 is 8.25 Å². The third-order valence-corrected chi connectivity index (χ3v) is 0.794. The fourth-order valence-electron chi connectivity index (χ4n) is 0.166. The van der Waals surface area contributed by atoms with E-state index in [1.807, 2.05) is 6.92 Å². The molecule has 0 fully saturated rings. The SMILES string of the molecule is CCCO[P+](=O)[O-].[Na+]. The first-order valence-corrected chi connectivity index (χ1v) is 3.14. The summed E-state index contributed by atoms with van der Waals surface area (Å²) in [6, 6.07) is 0. The van der Waals surface area contributed by atoms with Gasteiger partial charge in [0.05, 0.1) is 0 Å². The van der Waals surface area contributed by atoms with E-state index in [1.165, 1.54) is 0 Å². The molecule has 0 rings (SSSR count). The Labute approximate surface area is 71.7 Å². The summed E-state index contributed by atoms with van der Waals surface area (Å²) in [6.45, 7) is 2.15. The van der Waals surface area contributed by atoms with Crippen molar-refractivity contribution in [2.75, 3.05) is 6.61 Å². The summed E-state index contributed by atoms with van der Waals surface area (Å²) in [4.78, 5) is 9.57. The molecule has 0 saturated heterocycles. The first-order chi connectivity index (χ1) is 3.27. The van der Waals surface area contributed by atoms with Gasteiger partial charge < -0.3 is 4.89 Å². The molecule has 0 aromatic rings. The summed E-state index contributed by atoms with van der Waals surface area (Å²) in [5.74, 6) is 0. The predicted molar refractivity (Wildman–Crippen MR) is 23.8 cm³/mol. The van der Waals surface area contributed by atoms with E-state index in [0.29, 0.717) is 6.61 Å². The van der Waals surface area contributed by atoms with Gasteiger partial charge in [0, 0.05) is 0 Å². The Balaban J connectivity index is 0. The fraction of sp³-hybridized carbons (Fsp3) is 1.00. The molecule has 0 aliphatic rings. The summed E-state index contributed by atoms with van der Waals surface area (Å²) in [7, 11) is -2.61. The zero-order valence-corrected chi connectivity index (χ0v) is 7.98. The monoisotopic (exact) mass is 145 g/mol. The first kappa shape index (κ1) is 11.8. The van der Waals surface area contributed by atoms with Crippen molar-refractivity contribution in [3.8, 4) is 0 Å². The van der Waals surface area contributed by atoms with Gasteiger partial charge in [-0.15, -0.1) is 4.52 Å². The van der Waals surface area contributed by atoms with E-state index in [2.05, 4.69) is 4.52 Å². The molecule has 0 aliphatic heterocycles. The van der Waals surface area contributed by atoms with Gasteiger partial charge in [0.15, 0.2) is 0 Å². The number of hydrogen-bond donors (Lipinski definition) is 0. The molecule has 0 aromatic heterocycles. The Kier molecular flexibility index (Phi) is 11.8. The van der Waals surface area contributed by atoms with Crippen LogP contribution in [-0.2, 0) is 9.09 Å². The molecule has 0 N–H and O–H groups in total. The van der Waals surface area contributed by atoms with Crippen LogP contribution in [0.4, 0.5) is 0 Å². The molecule has 0 bridgehead atoms. The topological polar surface area (TPSA) is 49.4 Å². The van der Waals surface area contributed by atoms with Crippen LogP contribution in [0.25, 0.3) is 0 Å². The maximum absolute atomic E-state index is 9.57. The van der Waals surface area contributed by atoms with Gasteiger partial charge in [0.25, 0.3) is 0 Å². The van der Waals surface area contributed by atoms with Crippen LogP contribution in [0.1, 0.15) is 13.3 Å². The van der Waals surface area contributed by atoms with Gasteiger partial charge in [-0.25, -0.2) is 0 Å². The molecular formula is C3H7NaO3P+. The van der Waals surface area contributed by atoms with Gasteiger partial charge in [-0.2, -0.15) is 0 Å². The van der Waals surface area contributed by atoms with Crippen LogP contribution in [0.15, 0.2) is 0 Å². The van der Waals surface area contributed by atoms with E-state index in [0.717, 1.165) is 6.42 Å². The molecule has 0 saturated carbocycles. The minimum Gasteiger partial charge on any atom is -0.566 e. The molecule has 1 atom stereocenters. The maximum atomic E-state index is 9.57. The zero-order valence-electron chi connectivity index (χ0n) is 5.09. The minimum atomic E-state index is -2.61. The van der Waals surface area contributed by atoms with E-state index in [1.54, 1.807) is 0 Å². The Morgan fingerprint density at radius 2 is 2.25 bits per heavy atom. The van der Waals surface area contributed by atoms with Crippen LogP contribution < -0.4 is 34.5 Å². The van der Waals surface area contributed by atoms with E-state index >= 15 is 0 Å². The first-order valence-electron chi connectivity index (χ1n) is 2.04. The molecule has 0 radical (unpaired) electrons. The van der Waals surface area contributed by atoms with Crippen LogP contribution in [0.5, 0.6) is 0 Å². The van der Waals surface area contributed by atoms with Gasteiger partial charge in [-0.1, -0.05) is 6.92 Å². The van der Waals surface area contributed by atoms with Crippen molar-refractivity contribution in [1.29, 1.82) is 0 Å². The van der Waals surface area contributed by atoms with E-state index in [4.69, 9.17) is 0 Å².